The maximum atomic E-state index is 9.65. The average molecular weight is 598 g/mol. The van der Waals surface area contributed by atoms with Crippen molar-refractivity contribution in [1.82, 2.24) is 0 Å². The predicted octanol–water partition coefficient (Wildman–Crippen LogP) is 7.58. The van der Waals surface area contributed by atoms with E-state index in [1.54, 1.807) is 7.11 Å². The third kappa shape index (κ3) is 8.84. The van der Waals surface area contributed by atoms with Gasteiger partial charge in [-0.15, -0.1) is 0 Å². The molecule has 43 heavy (non-hydrogen) atoms. The third-order valence-electron chi connectivity index (χ3n) is 7.08. The summed E-state index contributed by atoms with van der Waals surface area (Å²) in [6, 6.07) is 36.9. The number of azide groups is 1. The Bertz CT molecular complexity index is 1420. The molecule has 0 radical (unpaired) electrons. The van der Waals surface area contributed by atoms with Gasteiger partial charge in [0.25, 0.3) is 0 Å². The van der Waals surface area contributed by atoms with Gasteiger partial charge in [0.15, 0.2) is 0 Å². The smallest absolute Gasteiger partial charge is 0.119 e. The van der Waals surface area contributed by atoms with Crippen LogP contribution in [0.4, 0.5) is 0 Å². The van der Waals surface area contributed by atoms with Crippen LogP contribution in [-0.2, 0) is 38.8 Å². The summed E-state index contributed by atoms with van der Waals surface area (Å²) in [7, 11) is 1.64. The van der Waals surface area contributed by atoms with Crippen molar-refractivity contribution in [2.45, 2.75) is 54.5 Å². The quantitative estimate of drug-likeness (QED) is 0.0845. The highest BCUT2D eigenvalue weighted by Gasteiger charge is 2.47. The minimum Gasteiger partial charge on any atom is -0.497 e. The first kappa shape index (κ1) is 30.6. The molecule has 0 spiro atoms. The van der Waals surface area contributed by atoms with E-state index in [0.29, 0.717) is 13.2 Å². The van der Waals surface area contributed by atoms with Crippen molar-refractivity contribution in [3.63, 3.8) is 0 Å². The van der Waals surface area contributed by atoms with Crippen LogP contribution in [0, 0.1) is 0 Å². The second-order valence-corrected chi connectivity index (χ2v) is 11.2. The van der Waals surface area contributed by atoms with E-state index >= 15 is 0 Å². The van der Waals surface area contributed by atoms with Crippen molar-refractivity contribution in [2.75, 3.05) is 13.7 Å². The summed E-state index contributed by atoms with van der Waals surface area (Å²) in [5, 5.41) is 4.22. The van der Waals surface area contributed by atoms with Crippen molar-refractivity contribution in [3.8, 4) is 5.75 Å². The number of hydrogen-bond donors (Lipinski definition) is 0. The van der Waals surface area contributed by atoms with Crippen molar-refractivity contribution < 1.29 is 23.7 Å². The molecule has 1 aliphatic rings. The number of benzene rings is 4. The van der Waals surface area contributed by atoms with Crippen molar-refractivity contribution in [3.05, 3.63) is 142 Å². The molecule has 5 atom stereocenters. The molecule has 0 aromatic heterocycles. The molecule has 1 fully saturated rings. The maximum absolute atomic E-state index is 9.65. The molecule has 2 unspecified atom stereocenters. The second kappa shape index (κ2) is 16.1. The highest BCUT2D eigenvalue weighted by molar-refractivity contribution is 7.99. The van der Waals surface area contributed by atoms with E-state index in [4.69, 9.17) is 23.7 Å². The van der Waals surface area contributed by atoms with Gasteiger partial charge in [-0.2, -0.15) is 0 Å². The van der Waals surface area contributed by atoms with Crippen LogP contribution in [0.15, 0.2) is 125 Å². The zero-order valence-electron chi connectivity index (χ0n) is 24.0. The molecule has 4 aromatic rings. The largest absolute Gasteiger partial charge is 0.497 e. The van der Waals surface area contributed by atoms with Gasteiger partial charge in [-0.25, -0.2) is 0 Å². The van der Waals surface area contributed by atoms with Gasteiger partial charge in [-0.3, -0.25) is 0 Å². The Morgan fingerprint density at radius 1 is 0.721 bits per heavy atom. The summed E-state index contributed by atoms with van der Waals surface area (Å²) >= 11 is 1.50. The normalized spacial score (nSPS) is 21.6. The molecule has 8 nitrogen and oxygen atoms in total. The molecule has 0 aliphatic carbocycles. The monoisotopic (exact) mass is 597 g/mol. The Hall–Kier alpha value is -3.82. The van der Waals surface area contributed by atoms with Gasteiger partial charge in [0.05, 0.1) is 39.6 Å². The molecule has 4 aromatic carbocycles. The Labute approximate surface area is 256 Å². The van der Waals surface area contributed by atoms with Crippen LogP contribution in [0.5, 0.6) is 5.75 Å². The van der Waals surface area contributed by atoms with Gasteiger partial charge in [0.1, 0.15) is 29.4 Å². The van der Waals surface area contributed by atoms with Gasteiger partial charge < -0.3 is 23.7 Å². The lowest BCUT2D eigenvalue weighted by Crippen LogP contribution is -2.58. The zero-order chi connectivity index (χ0) is 29.7. The average Bonchev–Trinajstić information content (AvgIpc) is 3.06. The lowest BCUT2D eigenvalue weighted by molar-refractivity contribution is -0.211. The summed E-state index contributed by atoms with van der Waals surface area (Å²) in [6.07, 6.45) is -1.67. The first-order valence-electron chi connectivity index (χ1n) is 14.2. The molecule has 1 heterocycles. The lowest BCUT2D eigenvalue weighted by atomic mass is 9.97. The van der Waals surface area contributed by atoms with E-state index in [1.807, 2.05) is 115 Å². The second-order valence-electron chi connectivity index (χ2n) is 10.1. The number of hydrogen-bond acceptors (Lipinski definition) is 7. The van der Waals surface area contributed by atoms with Crippen molar-refractivity contribution in [1.29, 1.82) is 0 Å². The summed E-state index contributed by atoms with van der Waals surface area (Å²) < 4.78 is 31.3. The number of thioether (sulfide) groups is 1. The van der Waals surface area contributed by atoms with Gasteiger partial charge in [-0.1, -0.05) is 108 Å². The van der Waals surface area contributed by atoms with Crippen LogP contribution in [-0.4, -0.2) is 43.5 Å². The number of rotatable bonds is 14. The summed E-state index contributed by atoms with van der Waals surface area (Å²) in [5.74, 6) is 0.765. The highest BCUT2D eigenvalue weighted by Crippen LogP contribution is 2.38. The van der Waals surface area contributed by atoms with Crippen LogP contribution in [0.2, 0.25) is 0 Å². The van der Waals surface area contributed by atoms with E-state index in [-0.39, 0.29) is 13.2 Å². The highest BCUT2D eigenvalue weighted by atomic mass is 32.2. The molecule has 1 saturated heterocycles. The standard InChI is InChI=1S/C34H35N3O5S/c1-38-28-19-17-27(18-20-28)23-41-33-31(36-37-35)34(43-29-15-9-4-10-16-29)42-30(24-39-21-25-11-5-2-6-12-25)32(33)40-22-26-13-7-3-8-14-26/h2-20,30-34H,21-24H2,1H3/t30?,31?,32-,33+,34-/m0/s1. The summed E-state index contributed by atoms with van der Waals surface area (Å²) in [4.78, 5) is 4.20. The lowest BCUT2D eigenvalue weighted by Gasteiger charge is -2.44. The molecular formula is C34H35N3O5S. The van der Waals surface area contributed by atoms with E-state index < -0.39 is 29.8 Å². The molecule has 1 aliphatic heterocycles. The summed E-state index contributed by atoms with van der Waals surface area (Å²) in [5.41, 5.74) is 12.2. The van der Waals surface area contributed by atoms with Crippen LogP contribution < -0.4 is 4.74 Å². The number of methoxy groups -OCH3 is 1. The van der Waals surface area contributed by atoms with Crippen LogP contribution >= 0.6 is 11.8 Å². The fourth-order valence-electron chi connectivity index (χ4n) is 4.88. The van der Waals surface area contributed by atoms with Gasteiger partial charge in [0.2, 0.25) is 0 Å². The van der Waals surface area contributed by atoms with E-state index in [2.05, 4.69) is 10.0 Å². The van der Waals surface area contributed by atoms with Crippen LogP contribution in [0.25, 0.3) is 10.4 Å². The Balaban J connectivity index is 1.43. The predicted molar refractivity (Wildman–Crippen MR) is 167 cm³/mol. The van der Waals surface area contributed by atoms with Gasteiger partial charge >= 0.3 is 0 Å². The Kier molecular flexibility index (Phi) is 11.5. The fraction of sp³-hybridized carbons (Fsp3) is 0.294. The number of ether oxygens (including phenoxy) is 5. The minimum absolute atomic E-state index is 0.269. The third-order valence-corrected chi connectivity index (χ3v) is 8.24. The van der Waals surface area contributed by atoms with Crippen LogP contribution in [0.3, 0.4) is 0 Å². The molecule has 0 amide bonds. The van der Waals surface area contributed by atoms with Crippen molar-refractivity contribution >= 4 is 11.8 Å². The van der Waals surface area contributed by atoms with E-state index in [9.17, 15) is 5.53 Å². The molecular weight excluding hydrogens is 562 g/mol. The Morgan fingerprint density at radius 3 is 1.88 bits per heavy atom. The number of nitrogens with zero attached hydrogens (tertiary/aromatic N) is 3. The van der Waals surface area contributed by atoms with E-state index in [0.717, 1.165) is 27.3 Å². The first-order chi connectivity index (χ1) is 21.2. The molecule has 9 heteroatoms. The van der Waals surface area contributed by atoms with Crippen LogP contribution in [0.1, 0.15) is 16.7 Å². The molecule has 0 saturated carbocycles. The molecule has 0 bridgehead atoms. The SMILES string of the molecule is COc1ccc(CO[C@@H]2C(N=[N+]=[N-])[C@H](Sc3ccccc3)OC(COCc3ccccc3)[C@@H]2OCc2ccccc2)cc1. The molecule has 0 N–H and O–H groups in total. The van der Waals surface area contributed by atoms with Gasteiger partial charge in [-0.05, 0) is 46.5 Å². The maximum Gasteiger partial charge on any atom is 0.119 e. The molecule has 5 rings (SSSR count). The van der Waals surface area contributed by atoms with E-state index in [1.165, 1.54) is 11.8 Å². The topological polar surface area (TPSA) is 94.9 Å². The first-order valence-corrected chi connectivity index (χ1v) is 15.0. The van der Waals surface area contributed by atoms with Crippen molar-refractivity contribution in [2.24, 2.45) is 5.11 Å². The summed E-state index contributed by atoms with van der Waals surface area (Å²) in [6.45, 7) is 1.33. The zero-order valence-corrected chi connectivity index (χ0v) is 24.8. The fourth-order valence-corrected chi connectivity index (χ4v) is 6.01. The Morgan fingerprint density at radius 2 is 1.28 bits per heavy atom. The van der Waals surface area contributed by atoms with Gasteiger partial charge in [0, 0.05) is 9.81 Å². The minimum atomic E-state index is -0.667. The molecule has 222 valence electrons.